The number of fused-ring (bicyclic) bond motifs is 1. The Morgan fingerprint density at radius 1 is 1.05 bits per heavy atom. The smallest absolute Gasteiger partial charge is 0.0746 e. The van der Waals surface area contributed by atoms with Gasteiger partial charge in [0.2, 0.25) is 0 Å². The van der Waals surface area contributed by atoms with Crippen LogP contribution in [0.2, 0.25) is 0 Å². The summed E-state index contributed by atoms with van der Waals surface area (Å²) >= 11 is 1.85. The third-order valence-corrected chi connectivity index (χ3v) is 4.13. The zero-order valence-electron chi connectivity index (χ0n) is 10.9. The Hall–Kier alpha value is -1.71. The molecule has 3 aromatic rings. The number of hydrogen-bond donors (Lipinski definition) is 1. The normalized spacial score (nSPS) is 11.0. The van der Waals surface area contributed by atoms with E-state index < -0.39 is 0 Å². The topological polar surface area (TPSA) is 24.9 Å². The fraction of sp³-hybridized carbons (Fsp3) is 0.188. The van der Waals surface area contributed by atoms with E-state index in [9.17, 15) is 0 Å². The van der Waals surface area contributed by atoms with Gasteiger partial charge in [0.25, 0.3) is 0 Å². The van der Waals surface area contributed by atoms with Gasteiger partial charge in [-0.15, -0.1) is 11.3 Å². The first-order valence-corrected chi connectivity index (χ1v) is 7.23. The summed E-state index contributed by atoms with van der Waals surface area (Å²) in [5.41, 5.74) is 2.35. The van der Waals surface area contributed by atoms with Crippen molar-refractivity contribution >= 4 is 22.2 Å². The summed E-state index contributed by atoms with van der Waals surface area (Å²) in [5.74, 6) is 0. The van der Waals surface area contributed by atoms with E-state index in [1.54, 1.807) is 0 Å². The summed E-state index contributed by atoms with van der Waals surface area (Å²) in [4.78, 5) is 7.22. The SMILES string of the molecule is Cc1ccc(CNCc2cccc3cccnc23)s1. The lowest BCUT2D eigenvalue weighted by molar-refractivity contribution is 0.703. The number of nitrogens with zero attached hydrogens (tertiary/aromatic N) is 1. The Labute approximate surface area is 117 Å². The largest absolute Gasteiger partial charge is 0.308 e. The maximum Gasteiger partial charge on any atom is 0.0746 e. The summed E-state index contributed by atoms with van der Waals surface area (Å²) in [6.45, 7) is 3.91. The first-order valence-electron chi connectivity index (χ1n) is 6.41. The van der Waals surface area contributed by atoms with Gasteiger partial charge in [-0.1, -0.05) is 24.3 Å². The van der Waals surface area contributed by atoms with Gasteiger partial charge in [0.05, 0.1) is 5.52 Å². The summed E-state index contributed by atoms with van der Waals surface area (Å²) < 4.78 is 0. The Morgan fingerprint density at radius 2 is 1.95 bits per heavy atom. The average molecular weight is 268 g/mol. The molecule has 0 saturated heterocycles. The van der Waals surface area contributed by atoms with Crippen LogP contribution in [0.1, 0.15) is 15.3 Å². The van der Waals surface area contributed by atoms with E-state index in [0.29, 0.717) is 0 Å². The van der Waals surface area contributed by atoms with Crippen molar-refractivity contribution in [2.45, 2.75) is 20.0 Å². The van der Waals surface area contributed by atoms with Gasteiger partial charge in [-0.05, 0) is 30.7 Å². The zero-order valence-corrected chi connectivity index (χ0v) is 11.7. The van der Waals surface area contributed by atoms with Gasteiger partial charge in [-0.25, -0.2) is 0 Å². The number of benzene rings is 1. The number of aryl methyl sites for hydroxylation is 1. The molecule has 0 radical (unpaired) electrons. The van der Waals surface area contributed by atoms with Crippen molar-refractivity contribution in [3.05, 3.63) is 64.0 Å². The minimum Gasteiger partial charge on any atom is -0.308 e. The molecule has 3 rings (SSSR count). The van der Waals surface area contributed by atoms with E-state index in [0.717, 1.165) is 18.6 Å². The van der Waals surface area contributed by atoms with Crippen molar-refractivity contribution in [1.82, 2.24) is 10.3 Å². The summed E-state index contributed by atoms with van der Waals surface area (Å²) in [6, 6.07) is 14.8. The maximum atomic E-state index is 4.47. The Bertz CT molecular complexity index is 683. The van der Waals surface area contributed by atoms with Crippen LogP contribution in [-0.2, 0) is 13.1 Å². The molecule has 0 unspecified atom stereocenters. The molecule has 2 heterocycles. The highest BCUT2D eigenvalue weighted by Crippen LogP contribution is 2.17. The lowest BCUT2D eigenvalue weighted by Gasteiger charge is -2.06. The fourth-order valence-electron chi connectivity index (χ4n) is 2.21. The van der Waals surface area contributed by atoms with Crippen LogP contribution in [0.5, 0.6) is 0 Å². The van der Waals surface area contributed by atoms with Crippen LogP contribution >= 0.6 is 11.3 Å². The van der Waals surface area contributed by atoms with E-state index in [2.05, 4.69) is 53.6 Å². The monoisotopic (exact) mass is 268 g/mol. The number of aromatic nitrogens is 1. The number of pyridine rings is 1. The first kappa shape index (κ1) is 12.3. The fourth-order valence-corrected chi connectivity index (χ4v) is 3.07. The molecule has 2 aromatic heterocycles. The Kier molecular flexibility index (Phi) is 3.58. The highest BCUT2D eigenvalue weighted by Gasteiger charge is 2.02. The van der Waals surface area contributed by atoms with E-state index in [1.807, 2.05) is 23.6 Å². The number of thiophene rings is 1. The molecule has 0 aliphatic carbocycles. The molecule has 1 N–H and O–H groups in total. The van der Waals surface area contributed by atoms with Crippen molar-refractivity contribution in [3.8, 4) is 0 Å². The van der Waals surface area contributed by atoms with Crippen molar-refractivity contribution in [3.63, 3.8) is 0 Å². The second-order valence-corrected chi connectivity index (χ2v) is 5.98. The molecule has 3 heteroatoms. The van der Waals surface area contributed by atoms with Gasteiger partial charge in [0, 0.05) is 34.4 Å². The van der Waals surface area contributed by atoms with Crippen LogP contribution in [0.25, 0.3) is 10.9 Å². The quantitative estimate of drug-likeness (QED) is 0.776. The van der Waals surface area contributed by atoms with Crippen LogP contribution in [0.3, 0.4) is 0 Å². The molecular formula is C16H16N2S. The maximum absolute atomic E-state index is 4.47. The average Bonchev–Trinajstić information content (AvgIpc) is 2.85. The Morgan fingerprint density at radius 3 is 2.79 bits per heavy atom. The zero-order chi connectivity index (χ0) is 13.1. The third kappa shape index (κ3) is 2.83. The van der Waals surface area contributed by atoms with Gasteiger partial charge in [0.1, 0.15) is 0 Å². The molecule has 19 heavy (non-hydrogen) atoms. The summed E-state index contributed by atoms with van der Waals surface area (Å²) in [6.07, 6.45) is 1.86. The second kappa shape index (κ2) is 5.51. The van der Waals surface area contributed by atoms with Crippen LogP contribution in [0.15, 0.2) is 48.7 Å². The number of para-hydroxylation sites is 1. The molecule has 0 fully saturated rings. The van der Waals surface area contributed by atoms with Crippen molar-refractivity contribution in [2.75, 3.05) is 0 Å². The summed E-state index contributed by atoms with van der Waals surface area (Å²) in [5, 5.41) is 4.70. The Balaban J connectivity index is 1.71. The van der Waals surface area contributed by atoms with Crippen molar-refractivity contribution < 1.29 is 0 Å². The van der Waals surface area contributed by atoms with Gasteiger partial charge >= 0.3 is 0 Å². The van der Waals surface area contributed by atoms with E-state index in [1.165, 1.54) is 20.7 Å². The molecule has 0 aliphatic heterocycles. The second-order valence-electron chi connectivity index (χ2n) is 4.61. The van der Waals surface area contributed by atoms with Gasteiger partial charge < -0.3 is 5.32 Å². The molecule has 1 aromatic carbocycles. The molecule has 2 nitrogen and oxygen atoms in total. The predicted octanol–water partition coefficient (Wildman–Crippen LogP) is 3.89. The number of hydrogen-bond acceptors (Lipinski definition) is 3. The van der Waals surface area contributed by atoms with Crippen LogP contribution in [0.4, 0.5) is 0 Å². The molecule has 0 saturated carbocycles. The van der Waals surface area contributed by atoms with Crippen LogP contribution in [-0.4, -0.2) is 4.98 Å². The van der Waals surface area contributed by atoms with E-state index in [-0.39, 0.29) is 0 Å². The molecule has 0 amide bonds. The van der Waals surface area contributed by atoms with Crippen LogP contribution < -0.4 is 5.32 Å². The molecule has 96 valence electrons. The van der Waals surface area contributed by atoms with Gasteiger partial charge in [-0.3, -0.25) is 4.98 Å². The number of rotatable bonds is 4. The van der Waals surface area contributed by atoms with Crippen LogP contribution in [0, 0.1) is 6.92 Å². The lowest BCUT2D eigenvalue weighted by atomic mass is 10.1. The predicted molar refractivity (Wildman–Crippen MR) is 81.3 cm³/mol. The molecule has 0 aliphatic rings. The summed E-state index contributed by atoms with van der Waals surface area (Å²) in [7, 11) is 0. The van der Waals surface area contributed by atoms with Gasteiger partial charge in [0.15, 0.2) is 0 Å². The van der Waals surface area contributed by atoms with E-state index >= 15 is 0 Å². The first-order chi connectivity index (χ1) is 9.33. The van der Waals surface area contributed by atoms with E-state index in [4.69, 9.17) is 0 Å². The highest BCUT2D eigenvalue weighted by molar-refractivity contribution is 7.11. The molecule has 0 atom stereocenters. The molecular weight excluding hydrogens is 252 g/mol. The lowest BCUT2D eigenvalue weighted by Crippen LogP contribution is -2.12. The molecule has 0 bridgehead atoms. The van der Waals surface area contributed by atoms with Gasteiger partial charge in [-0.2, -0.15) is 0 Å². The van der Waals surface area contributed by atoms with Crippen molar-refractivity contribution in [2.24, 2.45) is 0 Å². The standard InChI is InChI=1S/C16H16N2S/c1-12-7-8-15(19-12)11-17-10-14-5-2-4-13-6-3-9-18-16(13)14/h2-9,17H,10-11H2,1H3. The minimum atomic E-state index is 0.852. The highest BCUT2D eigenvalue weighted by atomic mass is 32.1. The molecule has 0 spiro atoms. The van der Waals surface area contributed by atoms with Crippen molar-refractivity contribution in [1.29, 1.82) is 0 Å². The minimum absolute atomic E-state index is 0.852. The number of nitrogens with one attached hydrogen (secondary N) is 1. The third-order valence-electron chi connectivity index (χ3n) is 3.13.